The van der Waals surface area contributed by atoms with Gasteiger partial charge in [-0.1, -0.05) is 12.1 Å². The number of piperidine rings is 1. The molecule has 7 nitrogen and oxygen atoms in total. The second kappa shape index (κ2) is 6.07. The molecule has 4 rings (SSSR count). The summed E-state index contributed by atoms with van der Waals surface area (Å²) in [5.74, 6) is 1.52. The van der Waals surface area contributed by atoms with E-state index in [4.69, 9.17) is 4.63 Å². The van der Waals surface area contributed by atoms with Crippen molar-refractivity contribution in [3.63, 3.8) is 0 Å². The van der Waals surface area contributed by atoms with E-state index in [-0.39, 0.29) is 0 Å². The van der Waals surface area contributed by atoms with Gasteiger partial charge in [0, 0.05) is 18.8 Å². The molecule has 2 aromatic heterocycles. The maximum Gasteiger partial charge on any atom is 0.245 e. The normalized spacial score (nSPS) is 15.0. The maximum atomic E-state index is 4.78. The fourth-order valence-corrected chi connectivity index (χ4v) is 3.04. The van der Waals surface area contributed by atoms with Crippen LogP contribution in [-0.4, -0.2) is 33.4 Å². The summed E-state index contributed by atoms with van der Waals surface area (Å²) in [6, 6.07) is 6.31. The number of hydrogen-bond donors (Lipinski definition) is 1. The lowest BCUT2D eigenvalue weighted by Crippen LogP contribution is -2.31. The van der Waals surface area contributed by atoms with Crippen LogP contribution in [0.15, 0.2) is 22.8 Å². The van der Waals surface area contributed by atoms with Gasteiger partial charge < -0.3 is 10.2 Å². The van der Waals surface area contributed by atoms with Crippen LogP contribution in [0.2, 0.25) is 0 Å². The van der Waals surface area contributed by atoms with E-state index in [0.717, 1.165) is 30.2 Å². The summed E-state index contributed by atoms with van der Waals surface area (Å²) in [6.07, 6.45) is 3.59. The Balaban J connectivity index is 1.78. The monoisotopic (exact) mass is 324 g/mol. The zero-order valence-electron chi connectivity index (χ0n) is 13.9. The van der Waals surface area contributed by atoms with E-state index in [1.54, 1.807) is 0 Å². The smallest absolute Gasteiger partial charge is 0.245 e. The van der Waals surface area contributed by atoms with Crippen molar-refractivity contribution in [1.82, 2.24) is 20.3 Å². The van der Waals surface area contributed by atoms with Crippen LogP contribution in [0.4, 0.5) is 17.3 Å². The third kappa shape index (κ3) is 2.77. The molecule has 7 heteroatoms. The molecular weight excluding hydrogens is 304 g/mol. The minimum atomic E-state index is 0.420. The summed E-state index contributed by atoms with van der Waals surface area (Å²) in [5, 5.41) is 11.1. The molecule has 0 amide bonds. The molecule has 3 aromatic rings. The summed E-state index contributed by atoms with van der Waals surface area (Å²) in [4.78, 5) is 11.5. The summed E-state index contributed by atoms with van der Waals surface area (Å²) < 4.78 is 4.78. The molecule has 0 bridgehead atoms. The van der Waals surface area contributed by atoms with Crippen LogP contribution in [0.1, 0.15) is 30.4 Å². The Labute approximate surface area is 140 Å². The van der Waals surface area contributed by atoms with Gasteiger partial charge in [0.1, 0.15) is 0 Å². The Kier molecular flexibility index (Phi) is 3.76. The Morgan fingerprint density at radius 2 is 1.75 bits per heavy atom. The van der Waals surface area contributed by atoms with Gasteiger partial charge >= 0.3 is 0 Å². The molecule has 0 saturated carbocycles. The first kappa shape index (κ1) is 14.9. The van der Waals surface area contributed by atoms with E-state index in [1.807, 2.05) is 0 Å². The first-order chi connectivity index (χ1) is 11.7. The molecule has 1 fully saturated rings. The zero-order valence-corrected chi connectivity index (χ0v) is 13.9. The summed E-state index contributed by atoms with van der Waals surface area (Å²) in [5.41, 5.74) is 4.24. The Morgan fingerprint density at radius 1 is 1.00 bits per heavy atom. The number of aryl methyl sites for hydroxylation is 2. The minimum Gasteiger partial charge on any atom is -0.353 e. The van der Waals surface area contributed by atoms with Gasteiger partial charge in [-0.2, -0.15) is 0 Å². The van der Waals surface area contributed by atoms with Gasteiger partial charge in [-0.15, -0.1) is 0 Å². The van der Waals surface area contributed by atoms with Crippen LogP contribution in [0.3, 0.4) is 0 Å². The summed E-state index contributed by atoms with van der Waals surface area (Å²) in [6.45, 7) is 6.11. The van der Waals surface area contributed by atoms with Crippen molar-refractivity contribution in [2.45, 2.75) is 33.1 Å². The van der Waals surface area contributed by atoms with Gasteiger partial charge in [-0.05, 0) is 60.6 Å². The Bertz CT molecular complexity index is 869. The molecule has 1 N–H and O–H groups in total. The summed E-state index contributed by atoms with van der Waals surface area (Å²) >= 11 is 0. The predicted octanol–water partition coefficient (Wildman–Crippen LogP) is 3.36. The number of aromatic nitrogens is 4. The topological polar surface area (TPSA) is 80.0 Å². The molecule has 1 aromatic carbocycles. The first-order valence-electron chi connectivity index (χ1n) is 8.30. The van der Waals surface area contributed by atoms with E-state index in [1.165, 1.54) is 24.8 Å². The summed E-state index contributed by atoms with van der Waals surface area (Å²) in [7, 11) is 0. The van der Waals surface area contributed by atoms with Crippen LogP contribution in [0, 0.1) is 13.8 Å². The molecule has 0 aliphatic carbocycles. The van der Waals surface area contributed by atoms with Crippen LogP contribution < -0.4 is 10.2 Å². The number of hydrogen-bond acceptors (Lipinski definition) is 7. The average Bonchev–Trinajstić information content (AvgIpc) is 3.05. The molecular formula is C17H20N6O. The lowest BCUT2D eigenvalue weighted by molar-refractivity contribution is 0.314. The highest BCUT2D eigenvalue weighted by molar-refractivity contribution is 5.77. The van der Waals surface area contributed by atoms with E-state index in [2.05, 4.69) is 62.5 Å². The highest BCUT2D eigenvalue weighted by atomic mass is 16.6. The van der Waals surface area contributed by atoms with Crippen LogP contribution in [-0.2, 0) is 0 Å². The zero-order chi connectivity index (χ0) is 16.5. The molecule has 0 spiro atoms. The second-order valence-corrected chi connectivity index (χ2v) is 6.30. The molecule has 124 valence electrons. The number of anilines is 3. The first-order valence-corrected chi connectivity index (χ1v) is 8.30. The Hall–Kier alpha value is -2.70. The fourth-order valence-electron chi connectivity index (χ4n) is 3.04. The van der Waals surface area contributed by atoms with Crippen LogP contribution in [0.25, 0.3) is 11.3 Å². The van der Waals surface area contributed by atoms with Crippen molar-refractivity contribution >= 4 is 28.6 Å². The van der Waals surface area contributed by atoms with Crippen molar-refractivity contribution in [1.29, 1.82) is 0 Å². The van der Waals surface area contributed by atoms with Gasteiger partial charge in [0.15, 0.2) is 11.6 Å². The number of fused-ring (bicyclic) bond motifs is 1. The minimum absolute atomic E-state index is 0.420. The molecule has 3 heterocycles. The lowest BCUT2D eigenvalue weighted by Gasteiger charge is -2.28. The van der Waals surface area contributed by atoms with Crippen molar-refractivity contribution in [2.75, 3.05) is 23.3 Å². The number of nitrogens with one attached hydrogen (secondary N) is 1. The standard InChI is InChI=1S/C17H20N6O/c1-11-6-7-12(2)13(10-11)18-16-17(23-8-4-3-5-9-23)20-15-14(19-16)21-24-22-15/h6-7,10H,3-5,8-9H2,1-2H3,(H,18,19,21). The number of benzene rings is 1. The van der Waals surface area contributed by atoms with Crippen molar-refractivity contribution in [3.8, 4) is 0 Å². The number of rotatable bonds is 3. The number of nitrogens with zero attached hydrogens (tertiary/aromatic N) is 5. The van der Waals surface area contributed by atoms with Gasteiger partial charge in [-0.25, -0.2) is 14.6 Å². The van der Waals surface area contributed by atoms with E-state index >= 15 is 0 Å². The third-order valence-electron chi connectivity index (χ3n) is 4.40. The largest absolute Gasteiger partial charge is 0.353 e. The second-order valence-electron chi connectivity index (χ2n) is 6.30. The van der Waals surface area contributed by atoms with Crippen molar-refractivity contribution in [2.24, 2.45) is 0 Å². The molecule has 0 atom stereocenters. The predicted molar refractivity (Wildman–Crippen MR) is 92.7 cm³/mol. The molecule has 1 aliphatic rings. The van der Waals surface area contributed by atoms with E-state index in [0.29, 0.717) is 17.1 Å². The molecule has 24 heavy (non-hydrogen) atoms. The van der Waals surface area contributed by atoms with Gasteiger partial charge in [0.05, 0.1) is 0 Å². The Morgan fingerprint density at radius 3 is 2.54 bits per heavy atom. The third-order valence-corrected chi connectivity index (χ3v) is 4.40. The van der Waals surface area contributed by atoms with Crippen molar-refractivity contribution in [3.05, 3.63) is 29.3 Å². The lowest BCUT2D eigenvalue weighted by atomic mass is 10.1. The molecule has 1 saturated heterocycles. The fraction of sp³-hybridized carbons (Fsp3) is 0.412. The van der Waals surface area contributed by atoms with Crippen molar-refractivity contribution < 1.29 is 4.63 Å². The molecule has 1 aliphatic heterocycles. The van der Waals surface area contributed by atoms with Gasteiger partial charge in [-0.3, -0.25) is 0 Å². The van der Waals surface area contributed by atoms with E-state index in [9.17, 15) is 0 Å². The van der Waals surface area contributed by atoms with Crippen LogP contribution >= 0.6 is 0 Å². The highest BCUT2D eigenvalue weighted by Gasteiger charge is 2.20. The van der Waals surface area contributed by atoms with Gasteiger partial charge in [0.25, 0.3) is 0 Å². The quantitative estimate of drug-likeness (QED) is 0.791. The molecule has 0 unspecified atom stereocenters. The van der Waals surface area contributed by atoms with E-state index < -0.39 is 0 Å². The molecule has 0 radical (unpaired) electrons. The van der Waals surface area contributed by atoms with Crippen LogP contribution in [0.5, 0.6) is 0 Å². The maximum absolute atomic E-state index is 4.78. The highest BCUT2D eigenvalue weighted by Crippen LogP contribution is 2.30. The van der Waals surface area contributed by atoms with Gasteiger partial charge in [0.2, 0.25) is 11.3 Å². The average molecular weight is 324 g/mol. The SMILES string of the molecule is Cc1ccc(C)c(Nc2nc3nonc3nc2N2CCCCC2)c1.